The smallest absolute Gasteiger partial charge is 0.160 e. The van der Waals surface area contributed by atoms with Gasteiger partial charge in [-0.3, -0.25) is 0 Å². The molecule has 4 heteroatoms. The lowest BCUT2D eigenvalue weighted by Gasteiger charge is -2.26. The summed E-state index contributed by atoms with van der Waals surface area (Å²) in [7, 11) is 0. The lowest BCUT2D eigenvalue weighted by Crippen LogP contribution is -2.29. The SMILES string of the molecule is Cc1cnc2c(c1)nc(-c1ccc(C)c(C)c1)n2C1CCNCC1. The van der Waals surface area contributed by atoms with Crippen LogP contribution >= 0.6 is 0 Å². The first-order valence-electron chi connectivity index (χ1n) is 8.76. The highest BCUT2D eigenvalue weighted by molar-refractivity contribution is 5.78. The summed E-state index contributed by atoms with van der Waals surface area (Å²) in [6, 6.07) is 9.23. The molecule has 1 aliphatic rings. The Morgan fingerprint density at radius 2 is 1.83 bits per heavy atom. The van der Waals surface area contributed by atoms with Gasteiger partial charge in [-0.1, -0.05) is 12.1 Å². The van der Waals surface area contributed by atoms with E-state index in [1.165, 1.54) is 16.7 Å². The van der Waals surface area contributed by atoms with Gasteiger partial charge >= 0.3 is 0 Å². The molecule has 24 heavy (non-hydrogen) atoms. The molecule has 2 aromatic heterocycles. The Kier molecular flexibility index (Phi) is 3.85. The van der Waals surface area contributed by atoms with Crippen LogP contribution in [0.4, 0.5) is 0 Å². The van der Waals surface area contributed by atoms with Gasteiger partial charge in [0.15, 0.2) is 5.65 Å². The molecule has 0 unspecified atom stereocenters. The highest BCUT2D eigenvalue weighted by atomic mass is 15.2. The Bertz CT molecular complexity index is 888. The van der Waals surface area contributed by atoms with Gasteiger partial charge in [-0.05, 0) is 75.5 Å². The van der Waals surface area contributed by atoms with E-state index in [0.29, 0.717) is 6.04 Å². The number of nitrogens with zero attached hydrogens (tertiary/aromatic N) is 3. The van der Waals surface area contributed by atoms with E-state index in [4.69, 9.17) is 9.97 Å². The number of aromatic nitrogens is 3. The Balaban J connectivity index is 1.93. The second-order valence-electron chi connectivity index (χ2n) is 6.94. The summed E-state index contributed by atoms with van der Waals surface area (Å²) < 4.78 is 2.37. The topological polar surface area (TPSA) is 42.7 Å². The van der Waals surface area contributed by atoms with E-state index in [0.717, 1.165) is 48.5 Å². The molecule has 1 fully saturated rings. The summed E-state index contributed by atoms with van der Waals surface area (Å²) in [5.41, 5.74) is 6.98. The second kappa shape index (κ2) is 6.02. The van der Waals surface area contributed by atoms with Crippen molar-refractivity contribution in [2.24, 2.45) is 0 Å². The first kappa shape index (κ1) is 15.3. The zero-order valence-corrected chi connectivity index (χ0v) is 14.6. The molecule has 0 radical (unpaired) electrons. The van der Waals surface area contributed by atoms with Gasteiger partial charge in [0.2, 0.25) is 0 Å². The number of benzene rings is 1. The maximum Gasteiger partial charge on any atom is 0.160 e. The average molecular weight is 320 g/mol. The van der Waals surface area contributed by atoms with E-state index in [9.17, 15) is 0 Å². The molecule has 1 N–H and O–H groups in total. The van der Waals surface area contributed by atoms with Gasteiger partial charge in [0.1, 0.15) is 11.3 Å². The van der Waals surface area contributed by atoms with Crippen molar-refractivity contribution in [1.29, 1.82) is 0 Å². The van der Waals surface area contributed by atoms with Gasteiger partial charge in [-0.15, -0.1) is 0 Å². The maximum absolute atomic E-state index is 4.97. The first-order chi connectivity index (χ1) is 11.6. The molecule has 4 nitrogen and oxygen atoms in total. The quantitative estimate of drug-likeness (QED) is 0.777. The van der Waals surface area contributed by atoms with Gasteiger partial charge in [0.05, 0.1) is 0 Å². The third kappa shape index (κ3) is 2.61. The predicted molar refractivity (Wildman–Crippen MR) is 98.3 cm³/mol. The number of imidazole rings is 1. The summed E-state index contributed by atoms with van der Waals surface area (Å²) in [4.78, 5) is 9.69. The monoisotopic (exact) mass is 320 g/mol. The Hall–Kier alpha value is -2.20. The van der Waals surface area contributed by atoms with Crippen LogP contribution in [0.5, 0.6) is 0 Å². The van der Waals surface area contributed by atoms with Gasteiger partial charge in [0.25, 0.3) is 0 Å². The molecule has 0 amide bonds. The minimum atomic E-state index is 0.461. The van der Waals surface area contributed by atoms with Crippen molar-refractivity contribution in [2.45, 2.75) is 39.7 Å². The van der Waals surface area contributed by atoms with Crippen LogP contribution < -0.4 is 5.32 Å². The number of hydrogen-bond donors (Lipinski definition) is 1. The molecule has 124 valence electrons. The molecule has 4 rings (SSSR count). The molecular formula is C20H24N4. The molecule has 3 heterocycles. The van der Waals surface area contributed by atoms with E-state index in [-0.39, 0.29) is 0 Å². The van der Waals surface area contributed by atoms with Gasteiger partial charge in [-0.25, -0.2) is 9.97 Å². The Morgan fingerprint density at radius 1 is 1.04 bits per heavy atom. The number of pyridine rings is 1. The molecule has 3 aromatic rings. The highest BCUT2D eigenvalue weighted by Crippen LogP contribution is 2.32. The molecule has 1 saturated heterocycles. The van der Waals surface area contributed by atoms with Crippen LogP contribution in [-0.4, -0.2) is 27.6 Å². The molecule has 0 bridgehead atoms. The van der Waals surface area contributed by atoms with E-state index < -0.39 is 0 Å². The number of fused-ring (bicyclic) bond motifs is 1. The molecule has 0 spiro atoms. The number of nitrogens with one attached hydrogen (secondary N) is 1. The standard InChI is InChI=1S/C20H24N4/c1-13-10-18-20(22-12-13)24(17-6-8-21-9-7-17)19(23-18)16-5-4-14(2)15(3)11-16/h4-5,10-12,17,21H,6-9H2,1-3H3. The molecule has 0 saturated carbocycles. The number of piperidine rings is 1. The number of hydrogen-bond acceptors (Lipinski definition) is 3. The van der Waals surface area contributed by atoms with Crippen LogP contribution in [0.25, 0.3) is 22.6 Å². The zero-order chi connectivity index (χ0) is 16.7. The largest absolute Gasteiger partial charge is 0.317 e. The minimum absolute atomic E-state index is 0.461. The van der Waals surface area contributed by atoms with Crippen molar-refractivity contribution in [3.8, 4) is 11.4 Å². The maximum atomic E-state index is 4.97. The van der Waals surface area contributed by atoms with Crippen molar-refractivity contribution in [3.05, 3.63) is 47.2 Å². The normalized spacial score (nSPS) is 16.0. The van der Waals surface area contributed by atoms with Crippen molar-refractivity contribution in [1.82, 2.24) is 19.9 Å². The summed E-state index contributed by atoms with van der Waals surface area (Å²) in [5.74, 6) is 1.05. The third-order valence-electron chi connectivity index (χ3n) is 5.11. The molecule has 1 aliphatic heterocycles. The first-order valence-corrected chi connectivity index (χ1v) is 8.76. The van der Waals surface area contributed by atoms with Crippen LogP contribution in [-0.2, 0) is 0 Å². The summed E-state index contributed by atoms with van der Waals surface area (Å²) in [6.45, 7) is 8.51. The third-order valence-corrected chi connectivity index (χ3v) is 5.11. The van der Waals surface area contributed by atoms with E-state index in [1.807, 2.05) is 6.20 Å². The van der Waals surface area contributed by atoms with E-state index in [2.05, 4.69) is 54.9 Å². The van der Waals surface area contributed by atoms with Crippen molar-refractivity contribution in [2.75, 3.05) is 13.1 Å². The van der Waals surface area contributed by atoms with Crippen molar-refractivity contribution >= 4 is 11.2 Å². The molecule has 1 aromatic carbocycles. The van der Waals surface area contributed by atoms with Crippen LogP contribution in [0.15, 0.2) is 30.5 Å². The summed E-state index contributed by atoms with van der Waals surface area (Å²) in [5, 5.41) is 3.46. The Labute approximate surface area is 142 Å². The lowest BCUT2D eigenvalue weighted by molar-refractivity contribution is 0.376. The zero-order valence-electron chi connectivity index (χ0n) is 14.6. The van der Waals surface area contributed by atoms with Crippen LogP contribution in [0.2, 0.25) is 0 Å². The van der Waals surface area contributed by atoms with Crippen molar-refractivity contribution in [3.63, 3.8) is 0 Å². The lowest BCUT2D eigenvalue weighted by atomic mass is 10.0. The van der Waals surface area contributed by atoms with Crippen LogP contribution in [0.3, 0.4) is 0 Å². The van der Waals surface area contributed by atoms with Gasteiger partial charge in [-0.2, -0.15) is 0 Å². The molecule has 0 aliphatic carbocycles. The molecule has 0 atom stereocenters. The predicted octanol–water partition coefficient (Wildman–Crippen LogP) is 3.95. The summed E-state index contributed by atoms with van der Waals surface area (Å²) >= 11 is 0. The fourth-order valence-electron chi connectivity index (χ4n) is 3.58. The molecular weight excluding hydrogens is 296 g/mol. The van der Waals surface area contributed by atoms with Gasteiger partial charge < -0.3 is 9.88 Å². The number of rotatable bonds is 2. The highest BCUT2D eigenvalue weighted by Gasteiger charge is 2.23. The summed E-state index contributed by atoms with van der Waals surface area (Å²) in [6.07, 6.45) is 4.20. The fraction of sp³-hybridized carbons (Fsp3) is 0.400. The number of aryl methyl sites for hydroxylation is 3. The average Bonchev–Trinajstić information content (AvgIpc) is 2.96. The fourth-order valence-corrected chi connectivity index (χ4v) is 3.58. The van der Waals surface area contributed by atoms with E-state index in [1.54, 1.807) is 0 Å². The van der Waals surface area contributed by atoms with E-state index >= 15 is 0 Å². The van der Waals surface area contributed by atoms with Gasteiger partial charge in [0, 0.05) is 17.8 Å². The minimum Gasteiger partial charge on any atom is -0.317 e. The van der Waals surface area contributed by atoms with Crippen LogP contribution in [0, 0.1) is 20.8 Å². The Morgan fingerprint density at radius 3 is 2.58 bits per heavy atom. The van der Waals surface area contributed by atoms with Crippen molar-refractivity contribution < 1.29 is 0 Å². The second-order valence-corrected chi connectivity index (χ2v) is 6.94. The van der Waals surface area contributed by atoms with Crippen LogP contribution in [0.1, 0.15) is 35.6 Å².